The Morgan fingerprint density at radius 2 is 1.67 bits per heavy atom. The lowest BCUT2D eigenvalue weighted by Crippen LogP contribution is -1.75. The Balaban J connectivity index is 3.05. The largest absolute Gasteiger partial charge is 0.115 e. The highest BCUT2D eigenvalue weighted by molar-refractivity contribution is 3.64. The fraction of sp³-hybridized carbons (Fsp3) is 1.00. The molecule has 1 rings (SSSR count). The van der Waals surface area contributed by atoms with E-state index >= 15 is 0 Å². The van der Waals surface area contributed by atoms with Crippen LogP contribution < -0.4 is 0 Å². The molecule has 0 atom stereocenters. The Labute approximate surface area is 32.1 Å². The van der Waals surface area contributed by atoms with Crippen molar-refractivity contribution in [1.82, 2.24) is 4.91 Å². The maximum atomic E-state index is 4.04. The number of hydrogen-bond acceptors (Lipinski definition) is 4. The Bertz CT molecular complexity index is 111. The Kier molecular flexibility index (Phi) is 0.533. The normalized spacial score (nSPS) is 8.83. The monoisotopic (exact) mass is 93.0 g/mol. The van der Waals surface area contributed by atoms with Gasteiger partial charge < -0.3 is 0 Å². The Hall–Kier alpha value is -1.00. The summed E-state index contributed by atoms with van der Waals surface area (Å²) in [7, 11) is 1.48. The first-order chi connectivity index (χ1) is 2.89. The van der Waals surface area contributed by atoms with E-state index in [1.165, 1.54) is 7.05 Å². The Morgan fingerprint density at radius 3 is 1.83 bits per heavy atom. The van der Waals surface area contributed by atoms with E-state index in [9.17, 15) is 0 Å². The highest BCUT2D eigenvalue weighted by Gasteiger charge is 1.76. The number of rotatable bonds is 0. The molecule has 1 aromatic rings. The average molecular weight is 93.0 g/mol. The van der Waals surface area contributed by atoms with E-state index in [4.69, 9.17) is 0 Å². The van der Waals surface area contributed by atoms with Crippen molar-refractivity contribution in [3.8, 4) is 0 Å². The average Bonchev–Trinajstić information content (AvgIpc) is 1.86. The molecule has 0 saturated carbocycles. The molecule has 0 spiro atoms. The number of aromatic nitrogens is 1. The molecule has 0 aliphatic rings. The molecule has 0 bridgehead atoms. The predicted octanol–water partition coefficient (Wildman–Crippen LogP) is 0.521. The minimum atomic E-state index is 0.917. The molecular formula is CH3NO4. The third-order valence-corrected chi connectivity index (χ3v) is 0.299. The van der Waals surface area contributed by atoms with Crippen LogP contribution in [0, 0.1) is 0 Å². The lowest BCUT2D eigenvalue weighted by molar-refractivity contribution is -0.241. The summed E-state index contributed by atoms with van der Waals surface area (Å²) in [5, 5.41) is 0. The highest BCUT2D eigenvalue weighted by Crippen LogP contribution is 1.80. The van der Waals surface area contributed by atoms with Crippen molar-refractivity contribution in [1.29, 1.82) is 0 Å². The lowest BCUT2D eigenvalue weighted by Gasteiger charge is -1.63. The molecular weight excluding hydrogens is 90.0 g/mol. The first-order valence-corrected chi connectivity index (χ1v) is 1.31. The predicted molar refractivity (Wildman–Crippen MR) is 12.1 cm³/mol. The van der Waals surface area contributed by atoms with Gasteiger partial charge in [-0.15, -0.1) is 9.36 Å². The van der Waals surface area contributed by atoms with Gasteiger partial charge in [-0.05, 0) is 9.47 Å². The van der Waals surface area contributed by atoms with Crippen molar-refractivity contribution in [3.63, 3.8) is 0 Å². The zero-order chi connectivity index (χ0) is 4.41. The lowest BCUT2D eigenvalue weighted by atomic mass is 11.5. The van der Waals surface area contributed by atoms with E-state index in [1.807, 2.05) is 0 Å². The van der Waals surface area contributed by atoms with E-state index in [-0.39, 0.29) is 0 Å². The van der Waals surface area contributed by atoms with Crippen LogP contribution in [0.5, 0.6) is 0 Å². The second-order valence-electron chi connectivity index (χ2n) is 0.725. The minimum absolute atomic E-state index is 0.917. The fourth-order valence-electron chi connectivity index (χ4n) is 0.123. The summed E-state index contributed by atoms with van der Waals surface area (Å²) in [5.41, 5.74) is 0. The first kappa shape index (κ1) is 3.20. The first-order valence-electron chi connectivity index (χ1n) is 1.31. The van der Waals surface area contributed by atoms with E-state index in [0.29, 0.717) is 0 Å². The number of nitrogens with zero attached hydrogens (tertiary/aromatic N) is 1. The second-order valence-corrected chi connectivity index (χ2v) is 0.725. The van der Waals surface area contributed by atoms with Gasteiger partial charge in [0.2, 0.25) is 0 Å². The van der Waals surface area contributed by atoms with Crippen molar-refractivity contribution in [2.75, 3.05) is 0 Å². The maximum absolute atomic E-state index is 4.04. The molecule has 1 aromatic heterocycles. The molecule has 36 valence electrons. The molecule has 5 nitrogen and oxygen atoms in total. The van der Waals surface area contributed by atoms with Gasteiger partial charge in [-0.25, -0.2) is 0 Å². The quantitative estimate of drug-likeness (QED) is 0.439. The summed E-state index contributed by atoms with van der Waals surface area (Å²) >= 11 is 0. The van der Waals surface area contributed by atoms with Gasteiger partial charge >= 0.3 is 0 Å². The third kappa shape index (κ3) is 0.333. The summed E-state index contributed by atoms with van der Waals surface area (Å²) < 4.78 is 15.6. The number of hydrogen-bond donors (Lipinski definition) is 0. The summed E-state index contributed by atoms with van der Waals surface area (Å²) in [6, 6.07) is 0. The zero-order valence-corrected chi connectivity index (χ0v) is 3.08. The molecule has 0 aliphatic heterocycles. The van der Waals surface area contributed by atoms with Gasteiger partial charge in [0, 0.05) is 4.91 Å². The summed E-state index contributed by atoms with van der Waals surface area (Å²) in [5.74, 6) is 0. The van der Waals surface area contributed by atoms with Crippen molar-refractivity contribution < 1.29 is 18.8 Å². The van der Waals surface area contributed by atoms with Crippen molar-refractivity contribution >= 4 is 0 Å². The van der Waals surface area contributed by atoms with Crippen LogP contribution in [0.3, 0.4) is 0 Å². The molecule has 0 amide bonds. The van der Waals surface area contributed by atoms with Crippen LogP contribution >= 0.6 is 0 Å². The van der Waals surface area contributed by atoms with Crippen molar-refractivity contribution in [2.24, 2.45) is 7.05 Å². The minimum Gasteiger partial charge on any atom is -0.115 e. The fourth-order valence-corrected chi connectivity index (χ4v) is 0.123. The van der Waals surface area contributed by atoms with Gasteiger partial charge in [0.1, 0.15) is 0 Å². The van der Waals surface area contributed by atoms with Crippen LogP contribution in [0.4, 0.5) is 0 Å². The molecule has 0 radical (unpaired) electrons. The summed E-state index contributed by atoms with van der Waals surface area (Å²) in [6.07, 6.45) is 0. The second kappa shape index (κ2) is 1.00. The van der Waals surface area contributed by atoms with Crippen LogP contribution in [0.1, 0.15) is 0 Å². The SMILES string of the molecule is Cn1oooo1. The summed E-state index contributed by atoms with van der Waals surface area (Å²) in [6.45, 7) is 0. The molecule has 0 fully saturated rings. The Morgan fingerprint density at radius 1 is 1.17 bits per heavy atom. The van der Waals surface area contributed by atoms with E-state index in [1.54, 1.807) is 0 Å². The molecule has 5 heteroatoms. The van der Waals surface area contributed by atoms with Crippen LogP contribution in [-0.4, -0.2) is 4.91 Å². The summed E-state index contributed by atoms with van der Waals surface area (Å²) in [4.78, 5) is 0.917. The van der Waals surface area contributed by atoms with Crippen LogP contribution in [-0.2, 0) is 7.05 Å². The molecule has 6 heavy (non-hydrogen) atoms. The van der Waals surface area contributed by atoms with Gasteiger partial charge in [-0.3, -0.25) is 0 Å². The van der Waals surface area contributed by atoms with Gasteiger partial charge in [-0.2, -0.15) is 0 Å². The topological polar surface area (TPSA) is 57.5 Å². The standard InChI is InChI=1S/CH3NO4/c1-2-3-5-6-4-2/h1H3. The van der Waals surface area contributed by atoms with E-state index in [2.05, 4.69) is 18.8 Å². The van der Waals surface area contributed by atoms with Crippen molar-refractivity contribution in [3.05, 3.63) is 0 Å². The van der Waals surface area contributed by atoms with Gasteiger partial charge in [0.25, 0.3) is 0 Å². The zero-order valence-electron chi connectivity index (χ0n) is 3.08. The van der Waals surface area contributed by atoms with Crippen molar-refractivity contribution in [2.45, 2.75) is 0 Å². The molecule has 0 N–H and O–H groups in total. The molecule has 0 aliphatic carbocycles. The van der Waals surface area contributed by atoms with E-state index in [0.717, 1.165) is 4.91 Å². The van der Waals surface area contributed by atoms with Crippen LogP contribution in [0.2, 0.25) is 0 Å². The molecule has 0 saturated heterocycles. The highest BCUT2D eigenvalue weighted by atomic mass is 17.5. The smallest absolute Gasteiger partial charge is 0.0887 e. The van der Waals surface area contributed by atoms with Gasteiger partial charge in [0.15, 0.2) is 0 Å². The maximum Gasteiger partial charge on any atom is 0.0887 e. The van der Waals surface area contributed by atoms with Crippen LogP contribution in [0.25, 0.3) is 0 Å². The third-order valence-electron chi connectivity index (χ3n) is 0.299. The molecule has 0 aromatic carbocycles. The van der Waals surface area contributed by atoms with Gasteiger partial charge in [0.05, 0.1) is 7.05 Å². The number of aryl methyl sites for hydroxylation is 1. The van der Waals surface area contributed by atoms with Crippen LogP contribution in [0.15, 0.2) is 18.8 Å². The van der Waals surface area contributed by atoms with E-state index < -0.39 is 0 Å². The molecule has 0 unspecified atom stereocenters. The molecule has 1 heterocycles. The van der Waals surface area contributed by atoms with Gasteiger partial charge in [-0.1, -0.05) is 0 Å².